The molecular weight excluding hydrogens is 456 g/mol. The van der Waals surface area contributed by atoms with Crippen molar-refractivity contribution in [3.05, 3.63) is 42.2 Å². The molecule has 0 bridgehead atoms. The van der Waals surface area contributed by atoms with Gasteiger partial charge in [-0.15, -0.1) is 0 Å². The van der Waals surface area contributed by atoms with Crippen molar-refractivity contribution in [2.75, 3.05) is 12.3 Å². The van der Waals surface area contributed by atoms with E-state index in [0.717, 1.165) is 5.56 Å². The summed E-state index contributed by atoms with van der Waals surface area (Å²) < 4.78 is 29.2. The van der Waals surface area contributed by atoms with Crippen LogP contribution >= 0.6 is 19.6 Å². The molecule has 2 aliphatic heterocycles. The Balaban J connectivity index is 0.00000231. The third-order valence-corrected chi connectivity index (χ3v) is 6.91. The Labute approximate surface area is 203 Å². The molecule has 1 radical (unpaired) electrons. The van der Waals surface area contributed by atoms with Gasteiger partial charge in [0.25, 0.3) is 0 Å². The van der Waals surface area contributed by atoms with Gasteiger partial charge in [0.2, 0.25) is 0 Å². The minimum atomic E-state index is -4.23. The smallest absolute Gasteiger partial charge is 0.386 e. The molecule has 31 heavy (non-hydrogen) atoms. The SMILES string of the molecule is Nc1ncnc2c1nc(SCc1ccccc1)n2[C@@H]1O[C@@H]2COP(=O)(O)O[C@H]2[C@H]1O.[Na]. The van der Waals surface area contributed by atoms with E-state index in [1.807, 2.05) is 30.3 Å². The molecule has 2 aromatic heterocycles. The Morgan fingerprint density at radius 2 is 2.06 bits per heavy atom. The van der Waals surface area contributed by atoms with Crippen LogP contribution in [0.2, 0.25) is 0 Å². The Morgan fingerprint density at radius 1 is 1.29 bits per heavy atom. The minimum Gasteiger partial charge on any atom is -0.386 e. The van der Waals surface area contributed by atoms with Crippen LogP contribution in [0.5, 0.6) is 0 Å². The summed E-state index contributed by atoms with van der Waals surface area (Å²) in [4.78, 5) is 22.4. The third kappa shape index (κ3) is 4.42. The molecule has 4 N–H and O–H groups in total. The van der Waals surface area contributed by atoms with Crippen molar-refractivity contribution in [3.8, 4) is 0 Å². The number of imidazole rings is 1. The van der Waals surface area contributed by atoms with E-state index in [2.05, 4.69) is 15.0 Å². The number of nitrogen functional groups attached to an aromatic ring is 1. The average molecular weight is 474 g/mol. The first-order valence-electron chi connectivity index (χ1n) is 9.07. The second-order valence-electron chi connectivity index (χ2n) is 6.86. The number of thioether (sulfide) groups is 1. The van der Waals surface area contributed by atoms with Crippen molar-refractivity contribution in [2.24, 2.45) is 0 Å². The van der Waals surface area contributed by atoms with Crippen LogP contribution in [0.15, 0.2) is 41.8 Å². The molecular formula is C17H18N5NaO6PS. The number of phosphoric acid groups is 1. The number of benzene rings is 1. The van der Waals surface area contributed by atoms with E-state index in [1.165, 1.54) is 18.1 Å². The number of aliphatic hydroxyl groups is 1. The van der Waals surface area contributed by atoms with Gasteiger partial charge in [-0.2, -0.15) is 0 Å². The molecule has 0 spiro atoms. The summed E-state index contributed by atoms with van der Waals surface area (Å²) in [5, 5.41) is 11.4. The van der Waals surface area contributed by atoms with Crippen LogP contribution in [0, 0.1) is 0 Å². The van der Waals surface area contributed by atoms with Gasteiger partial charge in [0.05, 0.1) is 6.61 Å². The fourth-order valence-electron chi connectivity index (χ4n) is 3.51. The summed E-state index contributed by atoms with van der Waals surface area (Å²) in [6, 6.07) is 9.82. The molecule has 0 amide bonds. The summed E-state index contributed by atoms with van der Waals surface area (Å²) in [6.07, 6.45) is -2.65. The predicted octanol–water partition coefficient (Wildman–Crippen LogP) is 1.09. The van der Waals surface area contributed by atoms with Gasteiger partial charge in [0.1, 0.15) is 24.6 Å². The normalized spacial score (nSPS) is 30.1. The van der Waals surface area contributed by atoms with E-state index in [0.29, 0.717) is 22.1 Å². The summed E-state index contributed by atoms with van der Waals surface area (Å²) in [7, 11) is -4.23. The number of hydrogen-bond donors (Lipinski definition) is 3. The topological polar surface area (TPSA) is 155 Å². The molecule has 159 valence electrons. The molecule has 14 heteroatoms. The summed E-state index contributed by atoms with van der Waals surface area (Å²) in [5.74, 6) is 0.808. The summed E-state index contributed by atoms with van der Waals surface area (Å²) in [5.41, 5.74) is 7.82. The fraction of sp³-hybridized carbons (Fsp3) is 0.353. The second kappa shape index (κ2) is 9.06. The molecule has 2 fully saturated rings. The number of aromatic nitrogens is 4. The van der Waals surface area contributed by atoms with E-state index in [4.69, 9.17) is 19.5 Å². The minimum absolute atomic E-state index is 0. The number of anilines is 1. The van der Waals surface area contributed by atoms with Gasteiger partial charge in [-0.1, -0.05) is 42.1 Å². The van der Waals surface area contributed by atoms with Gasteiger partial charge in [0, 0.05) is 35.3 Å². The predicted molar refractivity (Wildman–Crippen MR) is 112 cm³/mol. The van der Waals surface area contributed by atoms with Gasteiger partial charge >= 0.3 is 7.82 Å². The zero-order chi connectivity index (χ0) is 20.9. The van der Waals surface area contributed by atoms with Gasteiger partial charge in [-0.05, 0) is 5.56 Å². The average Bonchev–Trinajstić information content (AvgIpc) is 3.25. The maximum Gasteiger partial charge on any atom is 0.472 e. The molecule has 0 aliphatic carbocycles. The van der Waals surface area contributed by atoms with Crippen LogP contribution in [-0.2, 0) is 24.1 Å². The van der Waals surface area contributed by atoms with Gasteiger partial charge < -0.3 is 20.5 Å². The van der Waals surface area contributed by atoms with E-state index < -0.39 is 32.4 Å². The van der Waals surface area contributed by atoms with Crippen LogP contribution in [0.25, 0.3) is 11.2 Å². The number of hydrogen-bond acceptors (Lipinski definition) is 10. The van der Waals surface area contributed by atoms with Crippen LogP contribution in [0.4, 0.5) is 5.82 Å². The third-order valence-electron chi connectivity index (χ3n) is 4.90. The van der Waals surface area contributed by atoms with Crippen molar-refractivity contribution < 1.29 is 28.3 Å². The molecule has 2 saturated heterocycles. The van der Waals surface area contributed by atoms with Gasteiger partial charge in [0.15, 0.2) is 28.4 Å². The van der Waals surface area contributed by atoms with Crippen LogP contribution in [0.1, 0.15) is 11.8 Å². The Hall–Kier alpha value is -1.05. The van der Waals surface area contributed by atoms with E-state index in [9.17, 15) is 14.6 Å². The van der Waals surface area contributed by atoms with Crippen molar-refractivity contribution >= 4 is 66.1 Å². The number of nitrogens with zero attached hydrogens (tertiary/aromatic N) is 4. The zero-order valence-electron chi connectivity index (χ0n) is 16.4. The number of ether oxygens (including phenoxy) is 1. The van der Waals surface area contributed by atoms with Crippen molar-refractivity contribution in [2.45, 2.75) is 35.4 Å². The number of phosphoric ester groups is 1. The molecule has 2 aliphatic rings. The monoisotopic (exact) mass is 474 g/mol. The van der Waals surface area contributed by atoms with E-state index in [1.54, 1.807) is 4.57 Å². The van der Waals surface area contributed by atoms with Gasteiger partial charge in [-0.25, -0.2) is 19.5 Å². The summed E-state index contributed by atoms with van der Waals surface area (Å²) >= 11 is 1.42. The Bertz CT molecular complexity index is 1140. The number of aliphatic hydroxyl groups excluding tert-OH is 1. The number of nitrogens with two attached hydrogens (primary N) is 1. The first kappa shape index (κ1) is 23.1. The van der Waals surface area contributed by atoms with Crippen LogP contribution in [-0.4, -0.2) is 84.0 Å². The Kier molecular flexibility index (Phi) is 6.76. The number of rotatable bonds is 4. The number of fused-ring (bicyclic) bond motifs is 2. The molecule has 4 heterocycles. The summed E-state index contributed by atoms with van der Waals surface area (Å²) in [6.45, 7) is -0.178. The molecule has 3 aromatic rings. The molecule has 0 saturated carbocycles. The maximum atomic E-state index is 11.8. The van der Waals surface area contributed by atoms with Crippen molar-refractivity contribution in [3.63, 3.8) is 0 Å². The molecule has 5 rings (SSSR count). The van der Waals surface area contributed by atoms with Crippen molar-refractivity contribution in [1.29, 1.82) is 0 Å². The fourth-order valence-corrected chi connectivity index (χ4v) is 5.45. The van der Waals surface area contributed by atoms with Crippen LogP contribution in [0.3, 0.4) is 0 Å². The Morgan fingerprint density at radius 3 is 2.84 bits per heavy atom. The van der Waals surface area contributed by atoms with Gasteiger partial charge in [-0.3, -0.25) is 13.6 Å². The van der Waals surface area contributed by atoms with Crippen molar-refractivity contribution in [1.82, 2.24) is 19.5 Å². The zero-order valence-corrected chi connectivity index (χ0v) is 20.1. The van der Waals surface area contributed by atoms with E-state index >= 15 is 0 Å². The van der Waals surface area contributed by atoms with Crippen LogP contribution < -0.4 is 5.73 Å². The second-order valence-corrected chi connectivity index (χ2v) is 9.21. The largest absolute Gasteiger partial charge is 0.472 e. The first-order chi connectivity index (χ1) is 14.4. The van der Waals surface area contributed by atoms with E-state index in [-0.39, 0.29) is 42.0 Å². The maximum absolute atomic E-state index is 11.8. The molecule has 5 atom stereocenters. The first-order valence-corrected chi connectivity index (χ1v) is 11.6. The quantitative estimate of drug-likeness (QED) is 0.283. The standard InChI is InChI=1S/C17H18N5O6PS.Na/c18-14-11-15(20-8-19-14)22(17(21-11)30-7-9-4-2-1-3-5-9)16-12(23)13-10(27-16)6-26-29(24,25)28-13;/h1-5,8,10,12-13,16,23H,6-7H2,(H,24,25)(H2,18,19,20);/t10-,12-,13-,16-;/m1./s1. The molecule has 1 unspecified atom stereocenters. The molecule has 11 nitrogen and oxygen atoms in total. The molecule has 1 aromatic carbocycles.